The van der Waals surface area contributed by atoms with Gasteiger partial charge in [0.1, 0.15) is 0 Å². The Kier molecular flexibility index (Phi) is 5.81. The maximum absolute atomic E-state index is 11.1. The van der Waals surface area contributed by atoms with Crippen molar-refractivity contribution in [3.8, 4) is 11.3 Å². The molecule has 1 heterocycles. The van der Waals surface area contributed by atoms with E-state index in [9.17, 15) is 14.9 Å². The van der Waals surface area contributed by atoms with Crippen LogP contribution in [0.15, 0.2) is 71.6 Å². The lowest BCUT2D eigenvalue weighted by molar-refractivity contribution is -0.384. The number of anilines is 1. The van der Waals surface area contributed by atoms with Crippen LogP contribution in [0.2, 0.25) is 0 Å². The molecule has 0 bridgehead atoms. The summed E-state index contributed by atoms with van der Waals surface area (Å²) >= 11 is 1.44. The Morgan fingerprint density at radius 2 is 2.07 bits per heavy atom. The molecule has 28 heavy (non-hydrogen) atoms. The van der Waals surface area contributed by atoms with Crippen LogP contribution in [0.1, 0.15) is 6.92 Å². The number of hydrogen-bond acceptors (Lipinski definition) is 5. The fourth-order valence-electron chi connectivity index (χ4n) is 2.67. The molecule has 0 aliphatic rings. The molecule has 3 rings (SSSR count). The van der Waals surface area contributed by atoms with Crippen molar-refractivity contribution in [3.05, 3.63) is 81.5 Å². The molecule has 3 aromatic rings. The predicted octanol–water partition coefficient (Wildman–Crippen LogP) is 4.50. The highest BCUT2D eigenvalue weighted by Crippen LogP contribution is 2.25. The highest BCUT2D eigenvalue weighted by atomic mass is 32.1. The molecule has 0 saturated carbocycles. The van der Waals surface area contributed by atoms with Gasteiger partial charge in [-0.05, 0) is 24.3 Å². The number of amides is 1. The van der Waals surface area contributed by atoms with Gasteiger partial charge >= 0.3 is 0 Å². The smallest absolute Gasteiger partial charge is 0.270 e. The summed E-state index contributed by atoms with van der Waals surface area (Å²) < 4.78 is 1.96. The Morgan fingerprint density at radius 3 is 2.71 bits per heavy atom. The van der Waals surface area contributed by atoms with E-state index in [1.54, 1.807) is 30.3 Å². The lowest BCUT2D eigenvalue weighted by atomic mass is 10.1. The Morgan fingerprint density at radius 1 is 1.32 bits per heavy atom. The van der Waals surface area contributed by atoms with Crippen molar-refractivity contribution in [2.45, 2.75) is 13.5 Å². The van der Waals surface area contributed by atoms with E-state index >= 15 is 0 Å². The molecule has 1 aromatic heterocycles. The number of benzene rings is 2. The summed E-state index contributed by atoms with van der Waals surface area (Å²) in [5.74, 6) is -0.131. The van der Waals surface area contributed by atoms with Gasteiger partial charge in [0.05, 0.1) is 16.3 Å². The number of allylic oxidation sites excluding steroid dienone is 1. The second-order valence-electron chi connectivity index (χ2n) is 5.95. The Bertz CT molecular complexity index is 1100. The monoisotopic (exact) mass is 394 g/mol. The lowest BCUT2D eigenvalue weighted by Crippen LogP contribution is -2.14. The lowest BCUT2D eigenvalue weighted by Gasteiger charge is -2.07. The third kappa shape index (κ3) is 4.41. The SMILES string of the molecule is C=CCn1c(-c2cccc([N+](=O)[O-])c2)csc1=Nc1ccc(NC(C)=O)cc1. The number of thiazole rings is 1. The van der Waals surface area contributed by atoms with Crippen molar-refractivity contribution in [2.24, 2.45) is 4.99 Å². The van der Waals surface area contributed by atoms with E-state index in [0.29, 0.717) is 12.2 Å². The largest absolute Gasteiger partial charge is 0.326 e. The first kappa shape index (κ1) is 19.2. The fraction of sp³-hybridized carbons (Fsp3) is 0.100. The molecule has 0 unspecified atom stereocenters. The van der Waals surface area contributed by atoms with Crippen molar-refractivity contribution in [2.75, 3.05) is 5.32 Å². The van der Waals surface area contributed by atoms with E-state index in [2.05, 4.69) is 16.9 Å². The molecule has 142 valence electrons. The third-order valence-electron chi connectivity index (χ3n) is 3.87. The molecule has 0 spiro atoms. The number of carbonyl (C=O) groups excluding carboxylic acids is 1. The fourth-order valence-corrected chi connectivity index (χ4v) is 3.61. The molecular formula is C20H18N4O3S. The van der Waals surface area contributed by atoms with E-state index in [4.69, 9.17) is 0 Å². The number of nitro groups is 1. The van der Waals surface area contributed by atoms with Gasteiger partial charge in [-0.25, -0.2) is 4.99 Å². The first-order chi connectivity index (χ1) is 13.5. The first-order valence-corrected chi connectivity index (χ1v) is 9.32. The minimum Gasteiger partial charge on any atom is -0.326 e. The normalized spacial score (nSPS) is 11.2. The first-order valence-electron chi connectivity index (χ1n) is 8.44. The molecule has 1 N–H and O–H groups in total. The zero-order valence-corrected chi connectivity index (χ0v) is 16.0. The topological polar surface area (TPSA) is 89.5 Å². The highest BCUT2D eigenvalue weighted by Gasteiger charge is 2.11. The van der Waals surface area contributed by atoms with E-state index < -0.39 is 4.92 Å². The second-order valence-corrected chi connectivity index (χ2v) is 6.79. The Balaban J connectivity index is 2.02. The summed E-state index contributed by atoms with van der Waals surface area (Å²) in [6.45, 7) is 5.77. The van der Waals surface area contributed by atoms with E-state index in [0.717, 1.165) is 21.7 Å². The van der Waals surface area contributed by atoms with E-state index in [1.807, 2.05) is 28.1 Å². The molecular weight excluding hydrogens is 376 g/mol. The van der Waals surface area contributed by atoms with Crippen LogP contribution >= 0.6 is 11.3 Å². The summed E-state index contributed by atoms with van der Waals surface area (Å²) in [5.41, 5.74) is 3.06. The van der Waals surface area contributed by atoms with Gasteiger partial charge < -0.3 is 9.88 Å². The summed E-state index contributed by atoms with van der Waals surface area (Å²) in [6, 6.07) is 13.7. The maximum atomic E-state index is 11.1. The molecule has 0 fully saturated rings. The number of nitrogens with one attached hydrogen (secondary N) is 1. The van der Waals surface area contributed by atoms with Crippen LogP contribution in [-0.4, -0.2) is 15.4 Å². The minimum atomic E-state index is -0.407. The van der Waals surface area contributed by atoms with Crippen LogP contribution in [-0.2, 0) is 11.3 Å². The average Bonchev–Trinajstić information content (AvgIpc) is 3.06. The molecule has 0 saturated heterocycles. The van der Waals surface area contributed by atoms with Gasteiger partial charge in [0.15, 0.2) is 4.80 Å². The summed E-state index contributed by atoms with van der Waals surface area (Å²) in [5, 5.41) is 15.7. The summed E-state index contributed by atoms with van der Waals surface area (Å²) in [4.78, 5) is 27.2. The maximum Gasteiger partial charge on any atom is 0.270 e. The molecule has 0 atom stereocenters. The number of non-ortho nitro benzene ring substituents is 1. The second kappa shape index (κ2) is 8.45. The van der Waals surface area contributed by atoms with E-state index in [-0.39, 0.29) is 11.6 Å². The van der Waals surface area contributed by atoms with Crippen LogP contribution in [0.4, 0.5) is 17.1 Å². The third-order valence-corrected chi connectivity index (χ3v) is 4.74. The summed E-state index contributed by atoms with van der Waals surface area (Å²) in [6.07, 6.45) is 1.76. The summed E-state index contributed by atoms with van der Waals surface area (Å²) in [7, 11) is 0. The van der Waals surface area contributed by atoms with Gasteiger partial charge in [0.2, 0.25) is 5.91 Å². The molecule has 8 heteroatoms. The average molecular weight is 394 g/mol. The molecule has 0 radical (unpaired) electrons. The minimum absolute atomic E-state index is 0.0425. The van der Waals surface area contributed by atoms with Crippen LogP contribution in [0.25, 0.3) is 11.3 Å². The predicted molar refractivity (Wildman–Crippen MR) is 111 cm³/mol. The van der Waals surface area contributed by atoms with Crippen molar-refractivity contribution in [1.82, 2.24) is 4.57 Å². The van der Waals surface area contributed by atoms with Gasteiger partial charge in [-0.1, -0.05) is 18.2 Å². The molecule has 2 aromatic carbocycles. The highest BCUT2D eigenvalue weighted by molar-refractivity contribution is 7.07. The quantitative estimate of drug-likeness (QED) is 0.379. The molecule has 1 amide bonds. The standard InChI is InChI=1S/C20H18N4O3S/c1-3-11-23-19(15-5-4-6-18(12-15)24(26)27)13-28-20(23)22-17-9-7-16(8-10-17)21-14(2)25/h3-10,12-13H,1,11H2,2H3,(H,21,25). The van der Waals surface area contributed by atoms with Crippen LogP contribution in [0.5, 0.6) is 0 Å². The number of nitrogens with zero attached hydrogens (tertiary/aromatic N) is 3. The number of carbonyl (C=O) groups is 1. The van der Waals surface area contributed by atoms with Crippen LogP contribution < -0.4 is 10.1 Å². The van der Waals surface area contributed by atoms with Crippen molar-refractivity contribution >= 4 is 34.3 Å². The zero-order valence-electron chi connectivity index (χ0n) is 15.2. The number of rotatable bonds is 6. The Hall–Kier alpha value is -3.52. The zero-order chi connectivity index (χ0) is 20.1. The Labute approximate surface area is 165 Å². The number of aromatic nitrogens is 1. The number of nitro benzene ring substituents is 1. The number of hydrogen-bond donors (Lipinski definition) is 1. The van der Waals surface area contributed by atoms with Crippen molar-refractivity contribution in [1.29, 1.82) is 0 Å². The molecule has 7 nitrogen and oxygen atoms in total. The van der Waals surface area contributed by atoms with Crippen molar-refractivity contribution in [3.63, 3.8) is 0 Å². The molecule has 0 aliphatic heterocycles. The van der Waals surface area contributed by atoms with Gasteiger partial charge in [-0.15, -0.1) is 17.9 Å². The van der Waals surface area contributed by atoms with Crippen molar-refractivity contribution < 1.29 is 9.72 Å². The van der Waals surface area contributed by atoms with Gasteiger partial charge in [-0.2, -0.15) is 0 Å². The van der Waals surface area contributed by atoms with Crippen LogP contribution in [0, 0.1) is 10.1 Å². The van der Waals surface area contributed by atoms with Gasteiger partial charge in [0.25, 0.3) is 5.69 Å². The van der Waals surface area contributed by atoms with Gasteiger partial charge in [-0.3, -0.25) is 14.9 Å². The van der Waals surface area contributed by atoms with Crippen LogP contribution in [0.3, 0.4) is 0 Å². The molecule has 0 aliphatic carbocycles. The van der Waals surface area contributed by atoms with Gasteiger partial charge in [0, 0.05) is 42.2 Å². The van der Waals surface area contributed by atoms with E-state index in [1.165, 1.54) is 24.3 Å².